The predicted octanol–water partition coefficient (Wildman–Crippen LogP) is 4.94. The van der Waals surface area contributed by atoms with Crippen LogP contribution in [0.3, 0.4) is 0 Å². The predicted molar refractivity (Wildman–Crippen MR) is 188 cm³/mol. The number of carbonyl (C=O) groups excluding carboxylic acids is 2. The number of halogens is 3. The number of carbonyl (C=O) groups is 3. The number of nitrogens with zero attached hydrogens (tertiary/aromatic N) is 6. The summed E-state index contributed by atoms with van der Waals surface area (Å²) < 4.78 is 43.2. The van der Waals surface area contributed by atoms with Crippen LogP contribution in [0.5, 0.6) is 0 Å². The minimum absolute atomic E-state index is 0.0149. The number of benzene rings is 2. The number of likely N-dealkylation sites (N-methyl/N-ethyl adjacent to an activating group) is 1. The van der Waals surface area contributed by atoms with Crippen LogP contribution in [0.2, 0.25) is 0 Å². The summed E-state index contributed by atoms with van der Waals surface area (Å²) in [6, 6.07) is 11.0. The lowest BCUT2D eigenvalue weighted by Crippen LogP contribution is -2.45. The summed E-state index contributed by atoms with van der Waals surface area (Å²) in [5, 5.41) is 14.6. The molecule has 2 aromatic carbocycles. The van der Waals surface area contributed by atoms with Gasteiger partial charge in [0.15, 0.2) is 0 Å². The number of nitrogens with two attached hydrogens (primary N) is 1. The number of imide groups is 1. The maximum absolute atomic E-state index is 13.8. The molecule has 2 aliphatic heterocycles. The highest BCUT2D eigenvalue weighted by atomic mass is 19.4. The fraction of sp³-hybridized carbons (Fsp3) is 0.306. The van der Waals surface area contributed by atoms with E-state index in [4.69, 9.17) is 5.73 Å². The molecule has 16 heteroatoms. The second kappa shape index (κ2) is 14.7. The van der Waals surface area contributed by atoms with Crippen LogP contribution in [0.4, 0.5) is 40.1 Å². The number of alkyl halides is 3. The second-order valence-corrected chi connectivity index (χ2v) is 12.5. The van der Waals surface area contributed by atoms with E-state index in [1.807, 2.05) is 0 Å². The molecule has 0 bridgehead atoms. The minimum atomic E-state index is -4.59. The molecule has 2 aromatic heterocycles. The molecule has 6 rings (SSSR count). The van der Waals surface area contributed by atoms with Gasteiger partial charge in [-0.3, -0.25) is 9.69 Å². The van der Waals surface area contributed by atoms with Crippen LogP contribution in [0, 0.1) is 11.8 Å². The number of carboxylic acid groups (broad SMARTS) is 1. The van der Waals surface area contributed by atoms with Gasteiger partial charge in [0, 0.05) is 81.6 Å². The molecule has 0 unspecified atom stereocenters. The first-order chi connectivity index (χ1) is 24.8. The van der Waals surface area contributed by atoms with Gasteiger partial charge in [0.25, 0.3) is 5.91 Å². The molecule has 270 valence electrons. The van der Waals surface area contributed by atoms with E-state index >= 15 is 0 Å². The van der Waals surface area contributed by atoms with Crippen molar-refractivity contribution in [1.29, 1.82) is 0 Å². The molecule has 1 saturated heterocycles. The van der Waals surface area contributed by atoms with Gasteiger partial charge in [-0.15, -0.1) is 0 Å². The van der Waals surface area contributed by atoms with Crippen molar-refractivity contribution in [1.82, 2.24) is 29.2 Å². The van der Waals surface area contributed by atoms with E-state index in [1.165, 1.54) is 6.20 Å². The van der Waals surface area contributed by atoms with Crippen LogP contribution in [0.1, 0.15) is 45.2 Å². The van der Waals surface area contributed by atoms with Crippen LogP contribution in [-0.4, -0.2) is 91.6 Å². The van der Waals surface area contributed by atoms with Gasteiger partial charge in [0.05, 0.1) is 22.4 Å². The number of hydrogen-bond acceptors (Lipinski definition) is 8. The zero-order chi connectivity index (χ0) is 37.2. The van der Waals surface area contributed by atoms with E-state index in [1.54, 1.807) is 48.0 Å². The fourth-order valence-electron chi connectivity index (χ4n) is 6.34. The molecular formula is C36H36F3N9O4. The third kappa shape index (κ3) is 8.01. The van der Waals surface area contributed by atoms with Crippen LogP contribution in [0.15, 0.2) is 54.7 Å². The van der Waals surface area contributed by atoms with Crippen molar-refractivity contribution in [2.45, 2.75) is 26.1 Å². The van der Waals surface area contributed by atoms with Crippen molar-refractivity contribution in [3.05, 3.63) is 88.2 Å². The molecule has 2 aliphatic rings. The number of aromatic nitrogens is 3. The van der Waals surface area contributed by atoms with Gasteiger partial charge >= 0.3 is 18.3 Å². The Morgan fingerprint density at radius 2 is 1.71 bits per heavy atom. The Kier molecular flexibility index (Phi) is 10.2. The lowest BCUT2D eigenvalue weighted by atomic mass is 10.1. The van der Waals surface area contributed by atoms with Gasteiger partial charge in [-0.05, 0) is 54.6 Å². The van der Waals surface area contributed by atoms with Gasteiger partial charge < -0.3 is 30.9 Å². The first-order valence-corrected chi connectivity index (χ1v) is 16.5. The number of urea groups is 1. The summed E-state index contributed by atoms with van der Waals surface area (Å²) in [4.78, 5) is 50.9. The Labute approximate surface area is 297 Å². The normalized spacial score (nSPS) is 15.1. The Morgan fingerprint density at radius 3 is 2.42 bits per heavy atom. The number of nitrogens with one attached hydrogen (secondary N) is 2. The lowest BCUT2D eigenvalue weighted by molar-refractivity contribution is -0.137. The van der Waals surface area contributed by atoms with E-state index in [2.05, 4.69) is 49.2 Å². The highest BCUT2D eigenvalue weighted by Gasteiger charge is 2.33. The first kappa shape index (κ1) is 35.9. The van der Waals surface area contributed by atoms with Gasteiger partial charge in [-0.1, -0.05) is 24.8 Å². The molecule has 13 nitrogen and oxygen atoms in total. The molecule has 4 amide bonds. The van der Waals surface area contributed by atoms with Crippen LogP contribution in [0.25, 0.3) is 11.4 Å². The number of nitrogen functional groups attached to an aromatic ring is 1. The van der Waals surface area contributed by atoms with Crippen LogP contribution in [-0.2, 0) is 26.2 Å². The molecule has 1 fully saturated rings. The van der Waals surface area contributed by atoms with Crippen LogP contribution < -0.4 is 16.4 Å². The maximum Gasteiger partial charge on any atom is 0.416 e. The molecule has 0 spiro atoms. The third-order valence-electron chi connectivity index (χ3n) is 9.05. The number of fused-ring (bicyclic) bond motifs is 1. The Morgan fingerprint density at radius 1 is 0.981 bits per heavy atom. The summed E-state index contributed by atoms with van der Waals surface area (Å²) in [5.41, 5.74) is 8.45. The zero-order valence-corrected chi connectivity index (χ0v) is 28.4. The topological polar surface area (TPSA) is 162 Å². The number of hydrogen-bond donors (Lipinski definition) is 4. The molecule has 52 heavy (non-hydrogen) atoms. The number of piperazine rings is 1. The summed E-state index contributed by atoms with van der Waals surface area (Å²) in [6.45, 7) is 6.51. The molecule has 0 atom stereocenters. The van der Waals surface area contributed by atoms with Gasteiger partial charge in [0.1, 0.15) is 5.69 Å². The van der Waals surface area contributed by atoms with Gasteiger partial charge in [-0.2, -0.15) is 13.2 Å². The monoisotopic (exact) mass is 715 g/mol. The highest BCUT2D eigenvalue weighted by Crippen LogP contribution is 2.33. The van der Waals surface area contributed by atoms with Crippen molar-refractivity contribution in [2.24, 2.45) is 7.05 Å². The molecule has 0 aliphatic carbocycles. The van der Waals surface area contributed by atoms with Crippen molar-refractivity contribution in [3.8, 4) is 23.2 Å². The summed E-state index contributed by atoms with van der Waals surface area (Å²) in [5.74, 6) is 5.36. The summed E-state index contributed by atoms with van der Waals surface area (Å²) in [7, 11) is 1.74. The minimum Gasteiger partial charge on any atom is -0.465 e. The zero-order valence-electron chi connectivity index (χ0n) is 28.4. The van der Waals surface area contributed by atoms with E-state index < -0.39 is 29.8 Å². The average Bonchev–Trinajstić information content (AvgIpc) is 3.44. The maximum atomic E-state index is 13.8. The summed E-state index contributed by atoms with van der Waals surface area (Å²) >= 11 is 0. The van der Waals surface area contributed by atoms with Crippen molar-refractivity contribution < 1.29 is 32.7 Å². The number of anilines is 3. The third-order valence-corrected chi connectivity index (χ3v) is 9.05. The molecule has 4 heterocycles. The Balaban J connectivity index is 1.19. The summed E-state index contributed by atoms with van der Waals surface area (Å²) in [6.07, 6.45) is -4.16. The SMILES string of the molecule is CCN1CCN(Cc2cc(NC(=O)Nc3cccc(C#Cc4cnc(N)nc4-c4cc5c(n4C)CCN(C(=O)O)C5=O)c3)cc(C(F)(F)F)c2)CC1. The highest BCUT2D eigenvalue weighted by molar-refractivity contribution is 6.05. The quantitative estimate of drug-likeness (QED) is 0.203. The largest absolute Gasteiger partial charge is 0.465 e. The van der Waals surface area contributed by atoms with E-state index in [0.717, 1.165) is 49.8 Å². The first-order valence-electron chi connectivity index (χ1n) is 16.5. The van der Waals surface area contributed by atoms with E-state index in [-0.39, 0.29) is 23.7 Å². The van der Waals surface area contributed by atoms with Gasteiger partial charge in [-0.25, -0.2) is 24.5 Å². The van der Waals surface area contributed by atoms with Gasteiger partial charge in [0.2, 0.25) is 5.95 Å². The Bertz CT molecular complexity index is 2100. The Hall–Kier alpha value is -5.92. The smallest absolute Gasteiger partial charge is 0.416 e. The number of rotatable bonds is 6. The lowest BCUT2D eigenvalue weighted by Gasteiger charge is -2.34. The number of amides is 4. The standard InChI is InChI=1S/C36H36F3N9O4/c1-3-46-11-13-47(14-12-46)21-23-15-25(36(37,38)39)18-27(17-23)43-34(50)42-26-6-4-5-22(16-26)7-8-24-20-41-33(40)44-31(24)30-19-28-29(45(30)2)9-10-48(32(28)49)35(51)52/h4-6,15-20H,3,9-14,21H2,1-2H3,(H,51,52)(H2,40,41,44)(H2,42,43,50). The fourth-order valence-corrected chi connectivity index (χ4v) is 6.34. The van der Waals surface area contributed by atoms with Crippen molar-refractivity contribution in [3.63, 3.8) is 0 Å². The average molecular weight is 716 g/mol. The second-order valence-electron chi connectivity index (χ2n) is 12.5. The molecular weight excluding hydrogens is 679 g/mol. The van der Waals surface area contributed by atoms with Crippen molar-refractivity contribution in [2.75, 3.05) is 55.6 Å². The van der Waals surface area contributed by atoms with E-state index in [0.29, 0.717) is 52.4 Å². The van der Waals surface area contributed by atoms with Crippen LogP contribution >= 0.6 is 0 Å². The van der Waals surface area contributed by atoms with E-state index in [9.17, 15) is 32.7 Å². The molecule has 5 N–H and O–H groups in total. The molecule has 0 saturated carbocycles. The molecule has 4 aromatic rings. The molecule has 0 radical (unpaired) electrons. The van der Waals surface area contributed by atoms with Crippen molar-refractivity contribution >= 4 is 35.4 Å².